The molecule has 4 atom stereocenters. The molecule has 1 N–H and O–H groups in total. The summed E-state index contributed by atoms with van der Waals surface area (Å²) in [5.41, 5.74) is 7.39. The molecule has 0 spiro atoms. The summed E-state index contributed by atoms with van der Waals surface area (Å²) in [7, 11) is 11.6. The van der Waals surface area contributed by atoms with Crippen LogP contribution in [0.5, 0.6) is 46.0 Å². The Kier molecular flexibility index (Phi) is 9.70. The van der Waals surface area contributed by atoms with Crippen LogP contribution in [-0.4, -0.2) is 54.9 Å². The Morgan fingerprint density at radius 1 is 0.319 bits per heavy atom. The third kappa shape index (κ3) is 5.75. The smallest absolute Gasteiger partial charge is 0.126 e. The Bertz CT molecular complexity index is 1770. The highest BCUT2D eigenvalue weighted by atomic mass is 16.5. The molecular formula is C39H46O8. The van der Waals surface area contributed by atoms with E-state index in [2.05, 4.69) is 45.9 Å². The van der Waals surface area contributed by atoms with Gasteiger partial charge in [-0.3, -0.25) is 0 Å². The summed E-state index contributed by atoms with van der Waals surface area (Å²) in [6.45, 7) is 8.47. The molecule has 0 saturated carbocycles. The molecule has 1 aliphatic rings. The first-order valence-corrected chi connectivity index (χ1v) is 15.7. The third-order valence-electron chi connectivity index (χ3n) is 9.86. The Morgan fingerprint density at radius 2 is 0.511 bits per heavy atom. The number of phenols is 1. The van der Waals surface area contributed by atoms with Crippen LogP contribution in [0.3, 0.4) is 0 Å². The van der Waals surface area contributed by atoms with Crippen molar-refractivity contribution in [2.24, 2.45) is 0 Å². The van der Waals surface area contributed by atoms with Gasteiger partial charge in [0, 0.05) is 92.4 Å². The predicted octanol–water partition coefficient (Wildman–Crippen LogP) is 8.37. The molecule has 0 saturated heterocycles. The number of ether oxygens (including phenoxy) is 7. The Labute approximate surface area is 278 Å². The van der Waals surface area contributed by atoms with Crippen LogP contribution in [0.4, 0.5) is 0 Å². The SMILES string of the molecule is COc1cc(OC)c2cc1C(C)c1cc(c(OC)cc1O)C(C)c1cc(c(OC)cc1OC)C(C)c1cc(c(OC)cc1OC)C2C. The van der Waals surface area contributed by atoms with Crippen LogP contribution in [0.15, 0.2) is 48.5 Å². The van der Waals surface area contributed by atoms with Crippen molar-refractivity contribution < 1.29 is 38.3 Å². The summed E-state index contributed by atoms with van der Waals surface area (Å²) in [4.78, 5) is 0. The molecule has 8 heteroatoms. The molecule has 1 aliphatic carbocycles. The fourth-order valence-electron chi connectivity index (χ4n) is 7.01. The van der Waals surface area contributed by atoms with Gasteiger partial charge in [-0.1, -0.05) is 27.7 Å². The van der Waals surface area contributed by atoms with E-state index in [1.165, 1.54) is 0 Å². The lowest BCUT2D eigenvalue weighted by atomic mass is 9.80. The van der Waals surface area contributed by atoms with Crippen molar-refractivity contribution in [2.75, 3.05) is 49.8 Å². The van der Waals surface area contributed by atoms with Crippen LogP contribution >= 0.6 is 0 Å². The van der Waals surface area contributed by atoms with E-state index in [1.807, 2.05) is 24.3 Å². The van der Waals surface area contributed by atoms with Crippen molar-refractivity contribution in [3.8, 4) is 46.0 Å². The normalized spacial score (nSPS) is 18.6. The zero-order valence-electron chi connectivity index (χ0n) is 29.2. The lowest BCUT2D eigenvalue weighted by Gasteiger charge is -2.28. The molecule has 0 amide bonds. The molecule has 4 aromatic carbocycles. The first kappa shape index (κ1) is 33.6. The van der Waals surface area contributed by atoms with E-state index < -0.39 is 0 Å². The Balaban J connectivity index is 1.94. The van der Waals surface area contributed by atoms with Gasteiger partial charge in [-0.15, -0.1) is 0 Å². The van der Waals surface area contributed by atoms with Crippen molar-refractivity contribution in [3.63, 3.8) is 0 Å². The van der Waals surface area contributed by atoms with Crippen LogP contribution in [-0.2, 0) is 0 Å². The molecule has 47 heavy (non-hydrogen) atoms. The van der Waals surface area contributed by atoms with Gasteiger partial charge in [0.2, 0.25) is 0 Å². The number of fused-ring (bicyclic) bond motifs is 8. The minimum Gasteiger partial charge on any atom is -0.508 e. The van der Waals surface area contributed by atoms with Gasteiger partial charge in [0.05, 0.1) is 49.8 Å². The second kappa shape index (κ2) is 13.6. The molecule has 0 radical (unpaired) electrons. The summed E-state index contributed by atoms with van der Waals surface area (Å²) in [6.07, 6.45) is 0. The summed E-state index contributed by atoms with van der Waals surface area (Å²) >= 11 is 0. The topological polar surface area (TPSA) is 84.8 Å². The van der Waals surface area contributed by atoms with Gasteiger partial charge in [0.1, 0.15) is 46.0 Å². The average Bonchev–Trinajstić information content (AvgIpc) is 3.11. The molecule has 0 heterocycles. The van der Waals surface area contributed by atoms with Crippen LogP contribution < -0.4 is 33.2 Å². The molecule has 5 rings (SSSR count). The molecule has 250 valence electrons. The fourth-order valence-corrected chi connectivity index (χ4v) is 7.01. The first-order chi connectivity index (χ1) is 22.6. The van der Waals surface area contributed by atoms with E-state index in [0.717, 1.165) is 44.5 Å². The standard InChI is InChI=1S/C39H46O8/c1-20-24-12-25(33(41-5)16-32(24)40)21(2)28-14-29(37(45-9)18-36(28)44-8)23(4)31-15-30(38(46-10)19-39(31)47-11)22(3)27-13-26(20)34(42-6)17-35(27)43-7/h12-23,40H,1-11H3. The number of aromatic hydroxyl groups is 1. The van der Waals surface area contributed by atoms with Gasteiger partial charge in [-0.25, -0.2) is 0 Å². The zero-order valence-corrected chi connectivity index (χ0v) is 29.2. The average molecular weight is 643 g/mol. The lowest BCUT2D eigenvalue weighted by molar-refractivity contribution is 0.379. The third-order valence-corrected chi connectivity index (χ3v) is 9.86. The first-order valence-electron chi connectivity index (χ1n) is 15.7. The fraction of sp³-hybridized carbons (Fsp3) is 0.385. The molecule has 4 unspecified atom stereocenters. The minimum atomic E-state index is -0.256. The number of benzene rings is 4. The van der Waals surface area contributed by atoms with Crippen LogP contribution in [0.1, 0.15) is 95.9 Å². The van der Waals surface area contributed by atoms with Crippen molar-refractivity contribution in [1.82, 2.24) is 0 Å². The van der Waals surface area contributed by atoms with Crippen molar-refractivity contribution in [2.45, 2.75) is 51.4 Å². The second-order valence-electron chi connectivity index (χ2n) is 12.0. The minimum absolute atomic E-state index is 0.136. The van der Waals surface area contributed by atoms with Gasteiger partial charge in [0.15, 0.2) is 0 Å². The van der Waals surface area contributed by atoms with E-state index in [4.69, 9.17) is 33.2 Å². The van der Waals surface area contributed by atoms with Gasteiger partial charge in [-0.05, 0) is 24.3 Å². The maximum absolute atomic E-state index is 11.4. The van der Waals surface area contributed by atoms with Crippen LogP contribution in [0, 0.1) is 0 Å². The van der Waals surface area contributed by atoms with Crippen molar-refractivity contribution in [3.05, 3.63) is 93.0 Å². The molecule has 8 bridgehead atoms. The quantitative estimate of drug-likeness (QED) is 0.215. The van der Waals surface area contributed by atoms with Crippen molar-refractivity contribution in [1.29, 1.82) is 0 Å². The molecule has 0 aliphatic heterocycles. The largest absolute Gasteiger partial charge is 0.508 e. The predicted molar refractivity (Wildman–Crippen MR) is 183 cm³/mol. The summed E-state index contributed by atoms with van der Waals surface area (Å²) < 4.78 is 41.5. The van der Waals surface area contributed by atoms with E-state index in [0.29, 0.717) is 40.2 Å². The second-order valence-corrected chi connectivity index (χ2v) is 12.0. The molecule has 0 aromatic heterocycles. The van der Waals surface area contributed by atoms with Gasteiger partial charge < -0.3 is 38.3 Å². The Morgan fingerprint density at radius 3 is 0.745 bits per heavy atom. The summed E-state index contributed by atoms with van der Waals surface area (Å²) in [5.74, 6) is 4.12. The van der Waals surface area contributed by atoms with Gasteiger partial charge in [-0.2, -0.15) is 0 Å². The van der Waals surface area contributed by atoms with Gasteiger partial charge in [0.25, 0.3) is 0 Å². The number of methoxy groups -OCH3 is 7. The summed E-state index contributed by atoms with van der Waals surface area (Å²) in [5, 5.41) is 11.4. The number of phenolic OH excluding ortho intramolecular Hbond substituents is 1. The Hall–Kier alpha value is -4.72. The molecule has 0 fully saturated rings. The van der Waals surface area contributed by atoms with Crippen molar-refractivity contribution >= 4 is 0 Å². The molecular weight excluding hydrogens is 596 g/mol. The van der Waals surface area contributed by atoms with Gasteiger partial charge >= 0.3 is 0 Å². The van der Waals surface area contributed by atoms with E-state index in [1.54, 1.807) is 55.8 Å². The maximum atomic E-state index is 11.4. The summed E-state index contributed by atoms with van der Waals surface area (Å²) in [6, 6.07) is 16.0. The highest BCUT2D eigenvalue weighted by molar-refractivity contribution is 5.62. The number of hydrogen-bond donors (Lipinski definition) is 1. The molecule has 8 nitrogen and oxygen atoms in total. The van der Waals surface area contributed by atoms with E-state index >= 15 is 0 Å². The lowest BCUT2D eigenvalue weighted by Crippen LogP contribution is -2.11. The number of hydrogen-bond acceptors (Lipinski definition) is 8. The number of rotatable bonds is 7. The van der Waals surface area contributed by atoms with E-state index in [9.17, 15) is 5.11 Å². The van der Waals surface area contributed by atoms with Crippen LogP contribution in [0.2, 0.25) is 0 Å². The monoisotopic (exact) mass is 642 g/mol. The maximum Gasteiger partial charge on any atom is 0.126 e. The van der Waals surface area contributed by atoms with Crippen LogP contribution in [0.25, 0.3) is 0 Å². The highest BCUT2D eigenvalue weighted by Gasteiger charge is 2.30. The van der Waals surface area contributed by atoms with E-state index in [-0.39, 0.29) is 29.4 Å². The molecule has 4 aromatic rings. The highest BCUT2D eigenvalue weighted by Crippen LogP contribution is 2.50. The zero-order chi connectivity index (χ0) is 34.2.